The van der Waals surface area contributed by atoms with Gasteiger partial charge in [0, 0.05) is 6.54 Å². The summed E-state index contributed by atoms with van der Waals surface area (Å²) in [4.78, 5) is 2.36. The van der Waals surface area contributed by atoms with E-state index in [0.29, 0.717) is 10.0 Å². The molecule has 0 amide bonds. The van der Waals surface area contributed by atoms with Gasteiger partial charge in [-0.05, 0) is 37.2 Å². The molecule has 1 rings (SSSR count). The molecule has 1 aromatic carbocycles. The van der Waals surface area contributed by atoms with E-state index in [2.05, 4.69) is 18.7 Å². The number of nitrogens with zero attached hydrogens (tertiary/aromatic N) is 1. The van der Waals surface area contributed by atoms with Gasteiger partial charge in [0.1, 0.15) is 0 Å². The Labute approximate surface area is 125 Å². The lowest BCUT2D eigenvalue weighted by Crippen LogP contribution is -2.28. The minimum atomic E-state index is -0.0448. The first kappa shape index (κ1) is 16.1. The SMILES string of the molecule is CCCCN(CC)CC(Cl)c1ccc(Cl)c(Cl)c1. The summed E-state index contributed by atoms with van der Waals surface area (Å²) >= 11 is 18.3. The van der Waals surface area contributed by atoms with Crippen molar-refractivity contribution in [2.45, 2.75) is 32.1 Å². The third-order valence-electron chi connectivity index (χ3n) is 3.00. The molecule has 1 unspecified atom stereocenters. The zero-order valence-corrected chi connectivity index (χ0v) is 13.2. The van der Waals surface area contributed by atoms with Crippen LogP contribution in [0.15, 0.2) is 18.2 Å². The van der Waals surface area contributed by atoms with Crippen molar-refractivity contribution < 1.29 is 0 Å². The normalized spacial score (nSPS) is 13.0. The lowest BCUT2D eigenvalue weighted by molar-refractivity contribution is 0.283. The van der Waals surface area contributed by atoms with Crippen molar-refractivity contribution in [2.24, 2.45) is 0 Å². The molecule has 0 bridgehead atoms. The Kier molecular flexibility index (Phi) is 7.40. The van der Waals surface area contributed by atoms with Crippen LogP contribution < -0.4 is 0 Å². The van der Waals surface area contributed by atoms with Crippen LogP contribution in [0.2, 0.25) is 10.0 Å². The number of hydrogen-bond acceptors (Lipinski definition) is 1. The van der Waals surface area contributed by atoms with Crippen molar-refractivity contribution in [2.75, 3.05) is 19.6 Å². The summed E-state index contributed by atoms with van der Waals surface area (Å²) < 4.78 is 0. The van der Waals surface area contributed by atoms with E-state index in [1.807, 2.05) is 12.1 Å². The molecule has 0 heterocycles. The molecular weight excluding hydrogens is 289 g/mol. The summed E-state index contributed by atoms with van der Waals surface area (Å²) in [5.41, 5.74) is 1.03. The van der Waals surface area contributed by atoms with E-state index in [1.54, 1.807) is 6.07 Å². The van der Waals surface area contributed by atoms with Crippen molar-refractivity contribution in [3.8, 4) is 0 Å². The molecule has 1 nitrogen and oxygen atoms in total. The van der Waals surface area contributed by atoms with E-state index in [4.69, 9.17) is 34.8 Å². The maximum atomic E-state index is 6.44. The predicted molar refractivity (Wildman–Crippen MR) is 82.1 cm³/mol. The van der Waals surface area contributed by atoms with Gasteiger partial charge in [-0.15, -0.1) is 11.6 Å². The number of halogens is 3. The molecule has 0 N–H and O–H groups in total. The average Bonchev–Trinajstić information content (AvgIpc) is 2.37. The van der Waals surface area contributed by atoms with E-state index < -0.39 is 0 Å². The molecule has 102 valence electrons. The first-order chi connectivity index (χ1) is 8.58. The van der Waals surface area contributed by atoms with Gasteiger partial charge in [-0.2, -0.15) is 0 Å². The molecule has 1 atom stereocenters. The number of rotatable bonds is 7. The summed E-state index contributed by atoms with van der Waals surface area (Å²) in [5, 5.41) is 1.09. The lowest BCUT2D eigenvalue weighted by Gasteiger charge is -2.23. The number of alkyl halides is 1. The van der Waals surface area contributed by atoms with Crippen molar-refractivity contribution >= 4 is 34.8 Å². The summed E-state index contributed by atoms with van der Waals surface area (Å²) in [7, 11) is 0. The fourth-order valence-electron chi connectivity index (χ4n) is 1.80. The van der Waals surface area contributed by atoms with Crippen LogP contribution >= 0.6 is 34.8 Å². The van der Waals surface area contributed by atoms with Crippen molar-refractivity contribution in [3.63, 3.8) is 0 Å². The quantitative estimate of drug-likeness (QED) is 0.610. The van der Waals surface area contributed by atoms with E-state index in [9.17, 15) is 0 Å². The Hall–Kier alpha value is 0.0500. The van der Waals surface area contributed by atoms with Gasteiger partial charge in [0.25, 0.3) is 0 Å². The number of likely N-dealkylation sites (N-methyl/N-ethyl adjacent to an activating group) is 1. The minimum Gasteiger partial charge on any atom is -0.302 e. The first-order valence-electron chi connectivity index (χ1n) is 6.39. The minimum absolute atomic E-state index is 0.0448. The molecule has 4 heteroatoms. The van der Waals surface area contributed by atoms with Gasteiger partial charge in [0.05, 0.1) is 15.4 Å². The highest BCUT2D eigenvalue weighted by Crippen LogP contribution is 2.29. The lowest BCUT2D eigenvalue weighted by atomic mass is 10.1. The number of benzene rings is 1. The van der Waals surface area contributed by atoms with E-state index in [1.165, 1.54) is 12.8 Å². The van der Waals surface area contributed by atoms with Crippen molar-refractivity contribution in [3.05, 3.63) is 33.8 Å². The molecule has 0 radical (unpaired) electrons. The second-order valence-electron chi connectivity index (χ2n) is 4.39. The highest BCUT2D eigenvalue weighted by molar-refractivity contribution is 6.42. The third kappa shape index (κ3) is 4.97. The van der Waals surface area contributed by atoms with Gasteiger partial charge in [-0.3, -0.25) is 0 Å². The molecule has 0 fully saturated rings. The Bertz CT molecular complexity index is 368. The van der Waals surface area contributed by atoms with E-state index in [0.717, 1.165) is 25.2 Å². The van der Waals surface area contributed by atoms with Gasteiger partial charge in [0.2, 0.25) is 0 Å². The molecule has 0 saturated carbocycles. The molecule has 0 aromatic heterocycles. The number of unbranched alkanes of at least 4 members (excludes halogenated alkanes) is 1. The van der Waals surface area contributed by atoms with Crippen LogP contribution in [0.4, 0.5) is 0 Å². The molecule has 1 aromatic rings. The smallest absolute Gasteiger partial charge is 0.0712 e. The van der Waals surface area contributed by atoms with Crippen LogP contribution in [-0.4, -0.2) is 24.5 Å². The molecule has 0 aliphatic heterocycles. The monoisotopic (exact) mass is 307 g/mol. The Morgan fingerprint density at radius 1 is 1.17 bits per heavy atom. The number of hydrogen-bond donors (Lipinski definition) is 0. The molecule has 18 heavy (non-hydrogen) atoms. The highest BCUT2D eigenvalue weighted by Gasteiger charge is 2.13. The Morgan fingerprint density at radius 3 is 2.44 bits per heavy atom. The van der Waals surface area contributed by atoms with Crippen LogP contribution in [0, 0.1) is 0 Å². The fraction of sp³-hybridized carbons (Fsp3) is 0.571. The zero-order chi connectivity index (χ0) is 13.5. The highest BCUT2D eigenvalue weighted by atomic mass is 35.5. The van der Waals surface area contributed by atoms with Crippen LogP contribution in [0.1, 0.15) is 37.6 Å². The Balaban J connectivity index is 2.62. The topological polar surface area (TPSA) is 3.24 Å². The van der Waals surface area contributed by atoms with Crippen molar-refractivity contribution in [1.82, 2.24) is 4.90 Å². The standard InChI is InChI=1S/C14H20Cl3N/c1-3-5-8-18(4-2)10-14(17)11-6-7-12(15)13(16)9-11/h6-7,9,14H,3-5,8,10H2,1-2H3. The molecule has 0 spiro atoms. The third-order valence-corrected chi connectivity index (χ3v) is 4.13. The van der Waals surface area contributed by atoms with Crippen molar-refractivity contribution in [1.29, 1.82) is 0 Å². The van der Waals surface area contributed by atoms with Crippen LogP contribution in [0.25, 0.3) is 0 Å². The van der Waals surface area contributed by atoms with E-state index in [-0.39, 0.29) is 5.38 Å². The summed E-state index contributed by atoms with van der Waals surface area (Å²) in [6, 6.07) is 5.60. The first-order valence-corrected chi connectivity index (χ1v) is 7.59. The van der Waals surface area contributed by atoms with Crippen LogP contribution in [0.3, 0.4) is 0 Å². The molecule has 0 aliphatic carbocycles. The Morgan fingerprint density at radius 2 is 1.89 bits per heavy atom. The zero-order valence-electron chi connectivity index (χ0n) is 10.9. The molecule has 0 aliphatic rings. The molecule has 0 saturated heterocycles. The molecular formula is C14H20Cl3N. The average molecular weight is 309 g/mol. The fourth-order valence-corrected chi connectivity index (χ4v) is 2.44. The van der Waals surface area contributed by atoms with Gasteiger partial charge in [0.15, 0.2) is 0 Å². The summed E-state index contributed by atoms with van der Waals surface area (Å²) in [6.45, 7) is 7.32. The summed E-state index contributed by atoms with van der Waals surface area (Å²) in [5.74, 6) is 0. The predicted octanol–water partition coefficient (Wildman–Crippen LogP) is 5.40. The maximum absolute atomic E-state index is 6.44. The summed E-state index contributed by atoms with van der Waals surface area (Å²) in [6.07, 6.45) is 2.41. The van der Waals surface area contributed by atoms with Crippen LogP contribution in [-0.2, 0) is 0 Å². The van der Waals surface area contributed by atoms with Gasteiger partial charge < -0.3 is 4.90 Å². The second kappa shape index (κ2) is 8.27. The van der Waals surface area contributed by atoms with Gasteiger partial charge in [-0.1, -0.05) is 49.5 Å². The van der Waals surface area contributed by atoms with Gasteiger partial charge in [-0.25, -0.2) is 0 Å². The second-order valence-corrected chi connectivity index (χ2v) is 5.73. The van der Waals surface area contributed by atoms with Gasteiger partial charge >= 0.3 is 0 Å². The largest absolute Gasteiger partial charge is 0.302 e. The van der Waals surface area contributed by atoms with E-state index >= 15 is 0 Å². The van der Waals surface area contributed by atoms with Crippen LogP contribution in [0.5, 0.6) is 0 Å². The maximum Gasteiger partial charge on any atom is 0.0712 e.